The predicted molar refractivity (Wildman–Crippen MR) is 78.5 cm³/mol. The van der Waals surface area contributed by atoms with Crippen LogP contribution in [-0.2, 0) is 14.2 Å². The molecule has 0 aromatic carbocycles. The minimum absolute atomic E-state index is 0.0156. The van der Waals surface area contributed by atoms with Crippen LogP contribution in [0.1, 0.15) is 41.5 Å². The first kappa shape index (κ1) is 23.9. The molecule has 0 fully saturated rings. The first-order chi connectivity index (χ1) is 8.54. The van der Waals surface area contributed by atoms with Crippen molar-refractivity contribution in [1.29, 1.82) is 0 Å². The number of ether oxygens (including phenoxy) is 3. The number of rotatable bonds is 4. The van der Waals surface area contributed by atoms with E-state index in [-0.39, 0.29) is 24.4 Å². The molecule has 5 heteroatoms. The summed E-state index contributed by atoms with van der Waals surface area (Å²) in [5, 5.41) is 16.2. The molecule has 0 amide bonds. The smallest absolute Gasteiger partial charge is 0.0698 e. The molecule has 19 heavy (non-hydrogen) atoms. The molecule has 0 aromatic heterocycles. The van der Waals surface area contributed by atoms with Crippen LogP contribution in [-0.4, -0.2) is 62.1 Å². The van der Waals surface area contributed by atoms with E-state index in [1.165, 1.54) is 0 Å². The third kappa shape index (κ3) is 46.3. The summed E-state index contributed by atoms with van der Waals surface area (Å²) >= 11 is 0. The van der Waals surface area contributed by atoms with E-state index >= 15 is 0 Å². The summed E-state index contributed by atoms with van der Waals surface area (Å²) in [7, 11) is 3.25. The molecule has 0 heterocycles. The van der Waals surface area contributed by atoms with Gasteiger partial charge >= 0.3 is 0 Å². The Balaban J connectivity index is -0.000000228. The fourth-order valence-corrected chi connectivity index (χ4v) is 1.15. The standard InChI is InChI=1S/C8H18O.C4H10O3.C2H6O/c1-7(2,3)9-8(4,5)6;5-1-3-7-4-2-6;1-3-2/h1-6H3;5-6H,1-4H2;1-2H3. The number of hydrogen-bond donors (Lipinski definition) is 2. The van der Waals surface area contributed by atoms with Gasteiger partial charge in [0, 0.05) is 14.2 Å². The van der Waals surface area contributed by atoms with Gasteiger partial charge in [-0.25, -0.2) is 0 Å². The van der Waals surface area contributed by atoms with E-state index in [0.717, 1.165) is 0 Å². The van der Waals surface area contributed by atoms with E-state index in [0.29, 0.717) is 13.2 Å². The number of methoxy groups -OCH3 is 1. The van der Waals surface area contributed by atoms with Crippen LogP contribution < -0.4 is 0 Å². The van der Waals surface area contributed by atoms with Gasteiger partial charge in [-0.3, -0.25) is 0 Å². The highest BCUT2D eigenvalue weighted by Crippen LogP contribution is 2.17. The quantitative estimate of drug-likeness (QED) is 0.770. The minimum atomic E-state index is -0.0156. The second-order valence-electron chi connectivity index (χ2n) is 5.79. The van der Waals surface area contributed by atoms with Gasteiger partial charge in [-0.1, -0.05) is 0 Å². The van der Waals surface area contributed by atoms with Crippen LogP contribution in [0.4, 0.5) is 0 Å². The van der Waals surface area contributed by atoms with E-state index < -0.39 is 0 Å². The van der Waals surface area contributed by atoms with Gasteiger partial charge in [0.2, 0.25) is 0 Å². The molecule has 0 unspecified atom stereocenters. The van der Waals surface area contributed by atoms with Crippen molar-refractivity contribution in [3.05, 3.63) is 0 Å². The molecule has 0 atom stereocenters. The van der Waals surface area contributed by atoms with Crippen LogP contribution in [0.5, 0.6) is 0 Å². The topological polar surface area (TPSA) is 68.2 Å². The molecule has 0 saturated heterocycles. The van der Waals surface area contributed by atoms with E-state index in [2.05, 4.69) is 51.0 Å². The average molecular weight is 282 g/mol. The van der Waals surface area contributed by atoms with Crippen LogP contribution in [0.3, 0.4) is 0 Å². The Kier molecular flexibility index (Phi) is 17.9. The SMILES string of the molecule is CC(C)(C)OC(C)(C)C.COC.OCCOCCO. The number of aliphatic hydroxyl groups excluding tert-OH is 2. The van der Waals surface area contributed by atoms with Crippen LogP contribution >= 0.6 is 0 Å². The van der Waals surface area contributed by atoms with Crippen LogP contribution in [0.25, 0.3) is 0 Å². The molecule has 0 aromatic rings. The molecular formula is C14H34O5. The van der Waals surface area contributed by atoms with Gasteiger partial charge in [-0.15, -0.1) is 0 Å². The lowest BCUT2D eigenvalue weighted by atomic mass is 10.1. The molecule has 0 bridgehead atoms. The molecule has 0 rings (SSSR count). The van der Waals surface area contributed by atoms with Crippen molar-refractivity contribution in [3.63, 3.8) is 0 Å². The fourth-order valence-electron chi connectivity index (χ4n) is 1.15. The molecule has 0 radical (unpaired) electrons. The van der Waals surface area contributed by atoms with E-state index in [4.69, 9.17) is 14.9 Å². The summed E-state index contributed by atoms with van der Waals surface area (Å²) in [6.07, 6.45) is 0. The molecule has 0 aliphatic carbocycles. The van der Waals surface area contributed by atoms with Gasteiger partial charge in [0.15, 0.2) is 0 Å². The maximum absolute atomic E-state index is 8.09. The second kappa shape index (κ2) is 14.2. The van der Waals surface area contributed by atoms with E-state index in [9.17, 15) is 0 Å². The molecule has 0 aliphatic rings. The Morgan fingerprint density at radius 3 is 1.11 bits per heavy atom. The second-order valence-corrected chi connectivity index (χ2v) is 5.79. The lowest BCUT2D eigenvalue weighted by Gasteiger charge is -2.30. The fraction of sp³-hybridized carbons (Fsp3) is 1.00. The van der Waals surface area contributed by atoms with Gasteiger partial charge in [-0.2, -0.15) is 0 Å². The zero-order chi connectivity index (χ0) is 15.9. The number of hydrogen-bond acceptors (Lipinski definition) is 5. The Bertz CT molecular complexity index is 142. The first-order valence-electron chi connectivity index (χ1n) is 6.43. The predicted octanol–water partition coefficient (Wildman–Crippen LogP) is 1.85. The molecule has 5 nitrogen and oxygen atoms in total. The summed E-state index contributed by atoms with van der Waals surface area (Å²) in [4.78, 5) is 0. The van der Waals surface area contributed by atoms with Gasteiger partial charge in [0.05, 0.1) is 37.6 Å². The van der Waals surface area contributed by atoms with Gasteiger partial charge in [-0.05, 0) is 41.5 Å². The largest absolute Gasteiger partial charge is 0.394 e. The Labute approximate surface area is 118 Å². The van der Waals surface area contributed by atoms with Crippen molar-refractivity contribution < 1.29 is 24.4 Å². The van der Waals surface area contributed by atoms with Crippen molar-refractivity contribution >= 4 is 0 Å². The van der Waals surface area contributed by atoms with Crippen molar-refractivity contribution in [3.8, 4) is 0 Å². The third-order valence-electron chi connectivity index (χ3n) is 1.08. The molecule has 120 valence electrons. The Hall–Kier alpha value is -0.200. The van der Waals surface area contributed by atoms with Crippen LogP contribution in [0.15, 0.2) is 0 Å². The van der Waals surface area contributed by atoms with E-state index in [1.807, 2.05) is 0 Å². The van der Waals surface area contributed by atoms with Crippen molar-refractivity contribution in [2.75, 3.05) is 40.6 Å². The summed E-state index contributed by atoms with van der Waals surface area (Å²) in [6.45, 7) is 13.1. The highest BCUT2D eigenvalue weighted by atomic mass is 16.5. The van der Waals surface area contributed by atoms with Crippen molar-refractivity contribution in [2.45, 2.75) is 52.7 Å². The monoisotopic (exact) mass is 282 g/mol. The maximum atomic E-state index is 8.09. The molecule has 0 aliphatic heterocycles. The van der Waals surface area contributed by atoms with Crippen LogP contribution in [0.2, 0.25) is 0 Å². The Morgan fingerprint density at radius 2 is 1.00 bits per heavy atom. The maximum Gasteiger partial charge on any atom is 0.0698 e. The van der Waals surface area contributed by atoms with Gasteiger partial charge < -0.3 is 24.4 Å². The Morgan fingerprint density at radius 1 is 0.737 bits per heavy atom. The van der Waals surface area contributed by atoms with Crippen LogP contribution in [0, 0.1) is 0 Å². The third-order valence-corrected chi connectivity index (χ3v) is 1.08. The molecule has 0 saturated carbocycles. The summed E-state index contributed by atoms with van der Waals surface area (Å²) in [6, 6.07) is 0. The highest BCUT2D eigenvalue weighted by molar-refractivity contribution is 4.68. The lowest BCUT2D eigenvalue weighted by Crippen LogP contribution is -2.31. The van der Waals surface area contributed by atoms with Gasteiger partial charge in [0.25, 0.3) is 0 Å². The average Bonchev–Trinajstić information content (AvgIpc) is 2.15. The van der Waals surface area contributed by atoms with Crippen molar-refractivity contribution in [1.82, 2.24) is 0 Å². The summed E-state index contributed by atoms with van der Waals surface area (Å²) in [5.41, 5.74) is -0.0312. The zero-order valence-electron chi connectivity index (χ0n) is 13.9. The molecular weight excluding hydrogens is 248 g/mol. The molecule has 2 N–H and O–H groups in total. The first-order valence-corrected chi connectivity index (χ1v) is 6.43. The minimum Gasteiger partial charge on any atom is -0.394 e. The zero-order valence-corrected chi connectivity index (χ0v) is 13.9. The van der Waals surface area contributed by atoms with Gasteiger partial charge in [0.1, 0.15) is 0 Å². The van der Waals surface area contributed by atoms with E-state index in [1.54, 1.807) is 14.2 Å². The lowest BCUT2D eigenvalue weighted by molar-refractivity contribution is -0.102. The number of aliphatic hydroxyl groups is 2. The summed E-state index contributed by atoms with van der Waals surface area (Å²) < 4.78 is 14.5. The van der Waals surface area contributed by atoms with Crippen molar-refractivity contribution in [2.24, 2.45) is 0 Å². The highest BCUT2D eigenvalue weighted by Gasteiger charge is 2.19. The normalized spacial score (nSPS) is 11.1. The molecule has 0 spiro atoms. The summed E-state index contributed by atoms with van der Waals surface area (Å²) in [5.74, 6) is 0.